The first kappa shape index (κ1) is 24.6. The minimum atomic E-state index is -0.484. The van der Waals surface area contributed by atoms with E-state index in [-0.39, 0.29) is 5.57 Å². The van der Waals surface area contributed by atoms with Crippen LogP contribution in [-0.2, 0) is 17.8 Å². The van der Waals surface area contributed by atoms with Gasteiger partial charge in [0.1, 0.15) is 18.2 Å². The number of benzene rings is 3. The Balaban J connectivity index is 1.91. The molecule has 0 saturated heterocycles. The lowest BCUT2D eigenvalue weighted by molar-refractivity contribution is -0.112. The second-order valence-corrected chi connectivity index (χ2v) is 8.00. The van der Waals surface area contributed by atoms with E-state index in [1.165, 1.54) is 6.08 Å². The highest BCUT2D eigenvalue weighted by molar-refractivity contribution is 6.30. The summed E-state index contributed by atoms with van der Waals surface area (Å²) in [6, 6.07) is 20.4. The highest BCUT2D eigenvalue weighted by Crippen LogP contribution is 2.35. The summed E-state index contributed by atoms with van der Waals surface area (Å²) in [4.78, 5) is 12.7. The van der Waals surface area contributed by atoms with Gasteiger partial charge in [0.25, 0.3) is 5.91 Å². The van der Waals surface area contributed by atoms with Crippen molar-refractivity contribution in [2.75, 3.05) is 12.4 Å². The second-order valence-electron chi connectivity index (χ2n) is 7.56. The number of nitriles is 1. The highest BCUT2D eigenvalue weighted by atomic mass is 35.5. The smallest absolute Gasteiger partial charge is 0.266 e. The number of rotatable bonds is 9. The molecule has 6 heteroatoms. The van der Waals surface area contributed by atoms with Gasteiger partial charge in [-0.1, -0.05) is 48.0 Å². The lowest BCUT2D eigenvalue weighted by atomic mass is 10.0. The van der Waals surface area contributed by atoms with Gasteiger partial charge in [-0.05, 0) is 66.4 Å². The minimum Gasteiger partial charge on any atom is -0.493 e. The topological polar surface area (TPSA) is 71.4 Å². The second kappa shape index (κ2) is 11.7. The largest absolute Gasteiger partial charge is 0.493 e. The molecule has 34 heavy (non-hydrogen) atoms. The van der Waals surface area contributed by atoms with E-state index in [1.54, 1.807) is 31.4 Å². The third-order valence-electron chi connectivity index (χ3n) is 5.08. The summed E-state index contributed by atoms with van der Waals surface area (Å²) in [6.07, 6.45) is 3.80. The van der Waals surface area contributed by atoms with E-state index in [4.69, 9.17) is 21.1 Å². The van der Waals surface area contributed by atoms with E-state index in [1.807, 2.05) is 55.5 Å². The zero-order valence-electron chi connectivity index (χ0n) is 19.1. The van der Waals surface area contributed by atoms with Gasteiger partial charge in [-0.25, -0.2) is 0 Å². The maximum atomic E-state index is 12.7. The van der Waals surface area contributed by atoms with Crippen LogP contribution in [0, 0.1) is 18.3 Å². The van der Waals surface area contributed by atoms with Crippen molar-refractivity contribution in [2.45, 2.75) is 20.0 Å². The number of hydrogen-bond acceptors (Lipinski definition) is 4. The van der Waals surface area contributed by atoms with Gasteiger partial charge in [-0.2, -0.15) is 5.26 Å². The van der Waals surface area contributed by atoms with Gasteiger partial charge in [-0.15, -0.1) is 6.58 Å². The Labute approximate surface area is 204 Å². The maximum Gasteiger partial charge on any atom is 0.266 e. The summed E-state index contributed by atoms with van der Waals surface area (Å²) in [6.45, 7) is 6.02. The van der Waals surface area contributed by atoms with E-state index in [2.05, 4.69) is 11.9 Å². The number of methoxy groups -OCH3 is 1. The van der Waals surface area contributed by atoms with Gasteiger partial charge >= 0.3 is 0 Å². The number of ether oxygens (including phenoxy) is 2. The van der Waals surface area contributed by atoms with Gasteiger partial charge in [0.2, 0.25) is 0 Å². The average Bonchev–Trinajstić information content (AvgIpc) is 2.83. The highest BCUT2D eigenvalue weighted by Gasteiger charge is 2.15. The van der Waals surface area contributed by atoms with Crippen molar-refractivity contribution < 1.29 is 14.3 Å². The molecular weight excluding hydrogens is 448 g/mol. The van der Waals surface area contributed by atoms with Crippen LogP contribution in [0.15, 0.2) is 78.9 Å². The van der Waals surface area contributed by atoms with Gasteiger partial charge in [-0.3, -0.25) is 4.79 Å². The molecule has 0 aliphatic carbocycles. The number of halogens is 1. The Hall–Kier alpha value is -4.01. The number of nitrogens with one attached hydrogen (secondary N) is 1. The number of nitrogens with zero attached hydrogens (tertiary/aromatic N) is 1. The SMILES string of the molecule is C=CCc1cc(/C=C(\C#N)C(=O)Nc2ccccc2C)cc(OC)c1OCc1cccc(Cl)c1. The van der Waals surface area contributed by atoms with Crippen molar-refractivity contribution in [1.29, 1.82) is 5.26 Å². The van der Waals surface area contributed by atoms with E-state index in [0.717, 1.165) is 16.7 Å². The molecule has 3 aromatic rings. The standard InChI is InChI=1S/C28H25ClN2O3/c1-4-8-22-13-21(14-23(17-30)28(32)31-25-12-6-5-9-19(25)2)16-26(33-3)27(22)34-18-20-10-7-11-24(29)15-20/h4-7,9-16H,1,8,18H2,2-3H3,(H,31,32)/b23-14+. The monoisotopic (exact) mass is 472 g/mol. The molecule has 0 heterocycles. The number of anilines is 1. The third kappa shape index (κ3) is 6.28. The zero-order chi connectivity index (χ0) is 24.5. The minimum absolute atomic E-state index is 0.0255. The number of para-hydroxylation sites is 1. The molecule has 0 aliphatic rings. The molecule has 0 unspecified atom stereocenters. The summed E-state index contributed by atoms with van der Waals surface area (Å²) < 4.78 is 11.7. The van der Waals surface area contributed by atoms with Crippen molar-refractivity contribution in [2.24, 2.45) is 0 Å². The normalized spacial score (nSPS) is 10.8. The Bertz CT molecular complexity index is 1270. The molecule has 3 aromatic carbocycles. The van der Waals surface area contributed by atoms with E-state index < -0.39 is 5.91 Å². The van der Waals surface area contributed by atoms with Crippen LogP contribution in [-0.4, -0.2) is 13.0 Å². The molecule has 0 radical (unpaired) electrons. The molecule has 0 aliphatic heterocycles. The van der Waals surface area contributed by atoms with Crippen LogP contribution in [0.3, 0.4) is 0 Å². The number of carbonyl (C=O) groups excluding carboxylic acids is 1. The molecule has 1 N–H and O–H groups in total. The molecule has 0 bridgehead atoms. The summed E-state index contributed by atoms with van der Waals surface area (Å²) in [5.74, 6) is 0.578. The van der Waals surface area contributed by atoms with Gasteiger partial charge in [0.15, 0.2) is 11.5 Å². The molecule has 5 nitrogen and oxygen atoms in total. The fourth-order valence-electron chi connectivity index (χ4n) is 3.39. The summed E-state index contributed by atoms with van der Waals surface area (Å²) in [5.41, 5.74) is 3.91. The first-order valence-corrected chi connectivity index (χ1v) is 11.0. The number of aryl methyl sites for hydroxylation is 1. The van der Waals surface area contributed by atoms with E-state index >= 15 is 0 Å². The fourth-order valence-corrected chi connectivity index (χ4v) is 3.60. The van der Waals surface area contributed by atoms with E-state index in [9.17, 15) is 10.1 Å². The third-order valence-corrected chi connectivity index (χ3v) is 5.31. The molecule has 3 rings (SSSR count). The average molecular weight is 473 g/mol. The van der Waals surface area contributed by atoms with Crippen molar-refractivity contribution in [3.05, 3.63) is 106 Å². The molecule has 0 spiro atoms. The molecule has 0 aromatic heterocycles. The molecule has 0 atom stereocenters. The van der Waals surface area contributed by atoms with Crippen LogP contribution in [0.2, 0.25) is 5.02 Å². The zero-order valence-corrected chi connectivity index (χ0v) is 19.9. The molecule has 0 saturated carbocycles. The van der Waals surface area contributed by atoms with Crippen molar-refractivity contribution in [3.63, 3.8) is 0 Å². The van der Waals surface area contributed by atoms with Gasteiger partial charge in [0.05, 0.1) is 7.11 Å². The van der Waals surface area contributed by atoms with Gasteiger partial charge in [0, 0.05) is 16.3 Å². The predicted molar refractivity (Wildman–Crippen MR) is 136 cm³/mol. The Morgan fingerprint density at radius 3 is 2.65 bits per heavy atom. The lowest BCUT2D eigenvalue weighted by Gasteiger charge is -2.16. The van der Waals surface area contributed by atoms with Crippen LogP contribution < -0.4 is 14.8 Å². The first-order chi connectivity index (χ1) is 16.4. The Morgan fingerprint density at radius 1 is 1.18 bits per heavy atom. The van der Waals surface area contributed by atoms with E-state index in [0.29, 0.717) is 40.8 Å². The molecule has 172 valence electrons. The van der Waals surface area contributed by atoms with Gasteiger partial charge < -0.3 is 14.8 Å². The number of amides is 1. The van der Waals surface area contributed by atoms with Crippen molar-refractivity contribution in [3.8, 4) is 17.6 Å². The van der Waals surface area contributed by atoms with Crippen molar-refractivity contribution >= 4 is 29.3 Å². The molecule has 0 fully saturated rings. The van der Waals surface area contributed by atoms with Crippen molar-refractivity contribution in [1.82, 2.24) is 0 Å². The number of hydrogen-bond donors (Lipinski definition) is 1. The van der Waals surface area contributed by atoms with Crippen LogP contribution >= 0.6 is 11.6 Å². The molecule has 1 amide bonds. The first-order valence-electron chi connectivity index (χ1n) is 10.6. The predicted octanol–water partition coefficient (Wildman–Crippen LogP) is 6.51. The van der Waals surface area contributed by atoms with Crippen LogP contribution in [0.4, 0.5) is 5.69 Å². The van der Waals surface area contributed by atoms with Crippen LogP contribution in [0.25, 0.3) is 6.08 Å². The Kier molecular flexibility index (Phi) is 8.50. The summed E-state index contributed by atoms with van der Waals surface area (Å²) in [7, 11) is 1.54. The fraction of sp³-hybridized carbons (Fsp3) is 0.143. The number of allylic oxidation sites excluding steroid dienone is 1. The van der Waals surface area contributed by atoms with Crippen LogP contribution in [0.5, 0.6) is 11.5 Å². The van der Waals surface area contributed by atoms with Crippen LogP contribution in [0.1, 0.15) is 22.3 Å². The Morgan fingerprint density at radius 2 is 1.97 bits per heavy atom. The number of carbonyl (C=O) groups is 1. The summed E-state index contributed by atoms with van der Waals surface area (Å²) >= 11 is 6.08. The summed E-state index contributed by atoms with van der Waals surface area (Å²) in [5, 5.41) is 13.1. The maximum absolute atomic E-state index is 12.7. The quantitative estimate of drug-likeness (QED) is 0.219. The lowest BCUT2D eigenvalue weighted by Crippen LogP contribution is -2.14. The molecular formula is C28H25ClN2O3.